The number of carboxylic acid groups (broad SMARTS) is 1. The van der Waals surface area contributed by atoms with E-state index in [1.165, 1.54) is 6.07 Å². The van der Waals surface area contributed by atoms with Crippen molar-refractivity contribution in [2.75, 3.05) is 11.1 Å². The standard InChI is InChI=1S/C13H15FN4O2/c1-7-8(6-18(2)17-7)5-16-12-3-9(13(19)20)11(15)4-10(12)14/h3-4,6,16H,5,15H2,1-2H3,(H,19,20). The number of nitrogens with one attached hydrogen (secondary N) is 1. The Morgan fingerprint density at radius 3 is 2.80 bits per heavy atom. The molecule has 0 aliphatic heterocycles. The van der Waals surface area contributed by atoms with Crippen LogP contribution in [0.4, 0.5) is 15.8 Å². The third kappa shape index (κ3) is 2.71. The summed E-state index contributed by atoms with van der Waals surface area (Å²) >= 11 is 0. The van der Waals surface area contributed by atoms with Crippen molar-refractivity contribution in [2.24, 2.45) is 7.05 Å². The quantitative estimate of drug-likeness (QED) is 0.741. The van der Waals surface area contributed by atoms with Crippen LogP contribution in [0.15, 0.2) is 18.3 Å². The molecule has 0 saturated carbocycles. The number of aromatic nitrogens is 2. The summed E-state index contributed by atoms with van der Waals surface area (Å²) in [4.78, 5) is 11.0. The second-order valence-electron chi connectivity index (χ2n) is 4.49. The number of hydrogen-bond acceptors (Lipinski definition) is 4. The van der Waals surface area contributed by atoms with Crippen LogP contribution in [0.25, 0.3) is 0 Å². The molecule has 0 radical (unpaired) electrons. The number of carbonyl (C=O) groups is 1. The number of hydrogen-bond donors (Lipinski definition) is 3. The second kappa shape index (κ2) is 5.20. The molecule has 0 amide bonds. The number of aryl methyl sites for hydroxylation is 2. The molecule has 0 aliphatic carbocycles. The maximum absolute atomic E-state index is 13.7. The lowest BCUT2D eigenvalue weighted by molar-refractivity contribution is 0.0698. The van der Waals surface area contributed by atoms with Gasteiger partial charge in [0.05, 0.1) is 16.9 Å². The molecule has 1 aromatic carbocycles. The number of nitrogen functional groups attached to an aromatic ring is 1. The predicted molar refractivity (Wildman–Crippen MR) is 73.0 cm³/mol. The van der Waals surface area contributed by atoms with Gasteiger partial charge in [-0.05, 0) is 19.1 Å². The normalized spacial score (nSPS) is 10.6. The Bertz CT molecular complexity index is 667. The van der Waals surface area contributed by atoms with Crippen molar-refractivity contribution in [1.29, 1.82) is 0 Å². The molecule has 20 heavy (non-hydrogen) atoms. The lowest BCUT2D eigenvalue weighted by Gasteiger charge is -2.09. The van der Waals surface area contributed by atoms with Gasteiger partial charge in [0.15, 0.2) is 0 Å². The number of aromatic carboxylic acids is 1. The van der Waals surface area contributed by atoms with E-state index in [9.17, 15) is 9.18 Å². The Kier molecular flexibility index (Phi) is 3.60. The Morgan fingerprint density at radius 2 is 2.25 bits per heavy atom. The first-order valence-electron chi connectivity index (χ1n) is 5.93. The van der Waals surface area contributed by atoms with Crippen molar-refractivity contribution >= 4 is 17.3 Å². The monoisotopic (exact) mass is 278 g/mol. The van der Waals surface area contributed by atoms with Crippen LogP contribution in [0.1, 0.15) is 21.6 Å². The molecule has 0 atom stereocenters. The molecular weight excluding hydrogens is 263 g/mol. The molecule has 0 unspecified atom stereocenters. The van der Waals surface area contributed by atoms with Crippen molar-refractivity contribution in [3.63, 3.8) is 0 Å². The molecule has 2 aromatic rings. The fraction of sp³-hybridized carbons (Fsp3) is 0.231. The SMILES string of the molecule is Cc1nn(C)cc1CNc1cc(C(=O)O)c(N)cc1F. The van der Waals surface area contributed by atoms with Gasteiger partial charge in [-0.1, -0.05) is 0 Å². The Balaban J connectivity index is 2.23. The third-order valence-corrected chi connectivity index (χ3v) is 2.95. The van der Waals surface area contributed by atoms with Gasteiger partial charge in [-0.15, -0.1) is 0 Å². The van der Waals surface area contributed by atoms with E-state index < -0.39 is 11.8 Å². The summed E-state index contributed by atoms with van der Waals surface area (Å²) in [6.45, 7) is 2.19. The summed E-state index contributed by atoms with van der Waals surface area (Å²) < 4.78 is 15.4. The highest BCUT2D eigenvalue weighted by Gasteiger charge is 2.13. The van der Waals surface area contributed by atoms with Gasteiger partial charge in [0, 0.05) is 31.0 Å². The van der Waals surface area contributed by atoms with Crippen LogP contribution in [0.5, 0.6) is 0 Å². The van der Waals surface area contributed by atoms with Gasteiger partial charge in [0.1, 0.15) is 5.82 Å². The van der Waals surface area contributed by atoms with Crippen molar-refractivity contribution in [1.82, 2.24) is 9.78 Å². The summed E-state index contributed by atoms with van der Waals surface area (Å²) in [5.74, 6) is -1.78. The van der Waals surface area contributed by atoms with Gasteiger partial charge in [0.25, 0.3) is 0 Å². The van der Waals surface area contributed by atoms with Crippen molar-refractivity contribution < 1.29 is 14.3 Å². The summed E-state index contributed by atoms with van der Waals surface area (Å²) in [7, 11) is 1.79. The average Bonchev–Trinajstić information content (AvgIpc) is 2.66. The summed E-state index contributed by atoms with van der Waals surface area (Å²) in [6, 6.07) is 2.20. The predicted octanol–water partition coefficient (Wildman–Crippen LogP) is 1.76. The summed E-state index contributed by atoms with van der Waals surface area (Å²) in [5, 5.41) is 16.0. The molecular formula is C13H15FN4O2. The zero-order valence-electron chi connectivity index (χ0n) is 11.1. The van der Waals surface area contributed by atoms with Crippen LogP contribution >= 0.6 is 0 Å². The highest BCUT2D eigenvalue weighted by atomic mass is 19.1. The van der Waals surface area contributed by atoms with Gasteiger partial charge in [-0.3, -0.25) is 4.68 Å². The van der Waals surface area contributed by atoms with E-state index in [4.69, 9.17) is 10.8 Å². The molecule has 1 aromatic heterocycles. The summed E-state index contributed by atoms with van der Waals surface area (Å²) in [5.41, 5.74) is 7.07. The van der Waals surface area contributed by atoms with E-state index in [2.05, 4.69) is 10.4 Å². The molecule has 0 saturated heterocycles. The Labute approximate surface area is 115 Å². The van der Waals surface area contributed by atoms with Gasteiger partial charge in [0.2, 0.25) is 0 Å². The lowest BCUT2D eigenvalue weighted by Crippen LogP contribution is -2.07. The van der Waals surface area contributed by atoms with Crippen LogP contribution in [0, 0.1) is 12.7 Å². The zero-order valence-corrected chi connectivity index (χ0v) is 11.1. The maximum Gasteiger partial charge on any atom is 0.337 e. The Hall–Kier alpha value is -2.57. The summed E-state index contributed by atoms with van der Waals surface area (Å²) in [6.07, 6.45) is 1.82. The molecule has 6 nitrogen and oxygen atoms in total. The van der Waals surface area contributed by atoms with Gasteiger partial charge < -0.3 is 16.2 Å². The lowest BCUT2D eigenvalue weighted by atomic mass is 10.1. The molecule has 4 N–H and O–H groups in total. The van der Waals surface area contributed by atoms with Crippen molar-refractivity contribution in [3.8, 4) is 0 Å². The number of rotatable bonds is 4. The largest absolute Gasteiger partial charge is 0.478 e. The van der Waals surface area contributed by atoms with Crippen LogP contribution in [0.2, 0.25) is 0 Å². The van der Waals surface area contributed by atoms with Crippen molar-refractivity contribution in [2.45, 2.75) is 13.5 Å². The molecule has 7 heteroatoms. The minimum absolute atomic E-state index is 0.0971. The number of benzene rings is 1. The van der Waals surface area contributed by atoms with E-state index in [-0.39, 0.29) is 16.9 Å². The van der Waals surface area contributed by atoms with E-state index in [1.54, 1.807) is 11.7 Å². The number of halogens is 1. The second-order valence-corrected chi connectivity index (χ2v) is 4.49. The van der Waals surface area contributed by atoms with E-state index in [0.717, 1.165) is 17.3 Å². The first-order chi connectivity index (χ1) is 9.38. The topological polar surface area (TPSA) is 93.2 Å². The third-order valence-electron chi connectivity index (χ3n) is 2.95. The fourth-order valence-electron chi connectivity index (χ4n) is 1.92. The highest BCUT2D eigenvalue weighted by Crippen LogP contribution is 2.23. The number of nitrogens with zero attached hydrogens (tertiary/aromatic N) is 2. The Morgan fingerprint density at radius 1 is 1.55 bits per heavy atom. The van der Waals surface area contributed by atoms with E-state index in [1.807, 2.05) is 13.1 Å². The van der Waals surface area contributed by atoms with Gasteiger partial charge in [-0.25, -0.2) is 9.18 Å². The number of nitrogens with two attached hydrogens (primary N) is 1. The molecule has 0 bridgehead atoms. The van der Waals surface area contributed by atoms with E-state index in [0.29, 0.717) is 6.54 Å². The van der Waals surface area contributed by atoms with Crippen LogP contribution in [-0.2, 0) is 13.6 Å². The minimum atomic E-state index is -1.19. The molecule has 0 fully saturated rings. The first kappa shape index (κ1) is 13.9. The molecule has 0 spiro atoms. The fourth-order valence-corrected chi connectivity index (χ4v) is 1.92. The molecule has 1 heterocycles. The van der Waals surface area contributed by atoms with Crippen LogP contribution < -0.4 is 11.1 Å². The smallest absolute Gasteiger partial charge is 0.337 e. The highest BCUT2D eigenvalue weighted by molar-refractivity contribution is 5.94. The molecule has 2 rings (SSSR count). The first-order valence-corrected chi connectivity index (χ1v) is 5.93. The van der Waals surface area contributed by atoms with Gasteiger partial charge in [-0.2, -0.15) is 5.10 Å². The maximum atomic E-state index is 13.7. The van der Waals surface area contributed by atoms with Crippen molar-refractivity contribution in [3.05, 3.63) is 41.0 Å². The zero-order chi connectivity index (χ0) is 14.9. The molecule has 106 valence electrons. The average molecular weight is 278 g/mol. The van der Waals surface area contributed by atoms with Crippen LogP contribution in [-0.4, -0.2) is 20.9 Å². The minimum Gasteiger partial charge on any atom is -0.478 e. The number of anilines is 2. The van der Waals surface area contributed by atoms with Gasteiger partial charge >= 0.3 is 5.97 Å². The number of carboxylic acids is 1. The molecule has 0 aliphatic rings. The van der Waals surface area contributed by atoms with Crippen LogP contribution in [0.3, 0.4) is 0 Å². The van der Waals surface area contributed by atoms with E-state index >= 15 is 0 Å².